The minimum absolute atomic E-state index is 0.205. The molecule has 4 heterocycles. The van der Waals surface area contributed by atoms with Gasteiger partial charge in [-0.3, -0.25) is 4.98 Å². The van der Waals surface area contributed by atoms with E-state index in [0.717, 1.165) is 28.2 Å². The topological polar surface area (TPSA) is 101 Å². The monoisotopic (exact) mass is 373 g/mol. The van der Waals surface area contributed by atoms with E-state index in [9.17, 15) is 9.50 Å². The van der Waals surface area contributed by atoms with Crippen LogP contribution in [-0.2, 0) is 0 Å². The molecule has 0 atom stereocenters. The summed E-state index contributed by atoms with van der Waals surface area (Å²) in [6, 6.07) is 11.6. The predicted octanol–water partition coefficient (Wildman–Crippen LogP) is 4.19. The largest absolute Gasteiger partial charge is 0.505 e. The van der Waals surface area contributed by atoms with Crippen molar-refractivity contribution in [3.05, 3.63) is 66.9 Å². The number of aromatic hydroxyl groups is 1. The van der Waals surface area contributed by atoms with Crippen molar-refractivity contribution in [3.8, 4) is 39.8 Å². The highest BCUT2D eigenvalue weighted by Gasteiger charge is 2.14. The number of nitrogens with one attached hydrogen (secondary N) is 1. The van der Waals surface area contributed by atoms with E-state index < -0.39 is 11.6 Å². The number of nitrogens with zero attached hydrogens (tertiary/aromatic N) is 4. The van der Waals surface area contributed by atoms with Crippen LogP contribution in [0.3, 0.4) is 0 Å². The van der Waals surface area contributed by atoms with Crippen molar-refractivity contribution in [2.75, 3.05) is 0 Å². The van der Waals surface area contributed by atoms with Crippen LogP contribution in [0.1, 0.15) is 0 Å². The van der Waals surface area contributed by atoms with E-state index in [1.807, 2.05) is 30.5 Å². The Morgan fingerprint density at radius 3 is 2.79 bits per heavy atom. The molecular formula is C20H12FN5O2. The second-order valence-electron chi connectivity index (χ2n) is 6.16. The van der Waals surface area contributed by atoms with Gasteiger partial charge in [-0.1, -0.05) is 5.16 Å². The van der Waals surface area contributed by atoms with Gasteiger partial charge in [0.15, 0.2) is 11.6 Å². The van der Waals surface area contributed by atoms with Crippen molar-refractivity contribution >= 4 is 11.0 Å². The number of phenolic OH excluding ortho intramolecular Hbond substituents is 1. The summed E-state index contributed by atoms with van der Waals surface area (Å²) in [5.41, 5.74) is 3.53. The molecule has 5 aromatic rings. The number of phenols is 1. The number of fused-ring (bicyclic) bond motifs is 1. The van der Waals surface area contributed by atoms with Crippen molar-refractivity contribution in [3.63, 3.8) is 0 Å². The fraction of sp³-hybridized carbons (Fsp3) is 0. The lowest BCUT2D eigenvalue weighted by Crippen LogP contribution is -1.87. The number of aromatic amines is 1. The van der Waals surface area contributed by atoms with Crippen LogP contribution in [0.4, 0.5) is 4.39 Å². The zero-order chi connectivity index (χ0) is 19.1. The normalized spacial score (nSPS) is 11.2. The maximum absolute atomic E-state index is 13.6. The van der Waals surface area contributed by atoms with Crippen LogP contribution in [-0.4, -0.2) is 30.2 Å². The molecule has 1 aromatic carbocycles. The van der Waals surface area contributed by atoms with Gasteiger partial charge >= 0.3 is 0 Å². The molecule has 0 aliphatic heterocycles. The zero-order valence-electron chi connectivity index (χ0n) is 14.3. The molecule has 28 heavy (non-hydrogen) atoms. The summed E-state index contributed by atoms with van der Waals surface area (Å²) in [7, 11) is 0. The molecule has 0 amide bonds. The van der Waals surface area contributed by atoms with Crippen molar-refractivity contribution in [2.45, 2.75) is 0 Å². The van der Waals surface area contributed by atoms with Crippen LogP contribution in [0.2, 0.25) is 0 Å². The maximum Gasteiger partial charge on any atom is 0.276 e. The molecule has 0 bridgehead atoms. The lowest BCUT2D eigenvalue weighted by molar-refractivity contribution is 0.429. The molecule has 0 fully saturated rings. The van der Waals surface area contributed by atoms with Crippen molar-refractivity contribution in [1.82, 2.24) is 25.1 Å². The number of pyridine rings is 2. The number of H-pyrrole nitrogens is 1. The predicted molar refractivity (Wildman–Crippen MR) is 99.7 cm³/mol. The number of halogens is 1. The van der Waals surface area contributed by atoms with E-state index in [-0.39, 0.29) is 11.7 Å². The number of aromatic nitrogens is 5. The van der Waals surface area contributed by atoms with Gasteiger partial charge in [-0.15, -0.1) is 0 Å². The molecule has 2 N–H and O–H groups in total. The van der Waals surface area contributed by atoms with Gasteiger partial charge in [0, 0.05) is 35.1 Å². The standard InChI is InChI=1S/C20H12FN5O2/c21-15-8-12(1-2-17(15)27)19-25-20(28-26-19)16-9-11(3-5-22-16)14-7-13-4-6-23-18(13)24-10-14/h1-10,27H,(H,23,24). The Kier molecular flexibility index (Phi) is 3.61. The van der Waals surface area contributed by atoms with Crippen molar-refractivity contribution in [2.24, 2.45) is 0 Å². The van der Waals surface area contributed by atoms with Crippen molar-refractivity contribution < 1.29 is 14.0 Å². The van der Waals surface area contributed by atoms with Gasteiger partial charge in [-0.25, -0.2) is 9.37 Å². The first-order chi connectivity index (χ1) is 13.7. The molecule has 8 heteroatoms. The first-order valence-corrected chi connectivity index (χ1v) is 8.40. The van der Waals surface area contributed by atoms with Crippen LogP contribution in [0.25, 0.3) is 45.1 Å². The van der Waals surface area contributed by atoms with Gasteiger partial charge in [-0.05, 0) is 48.0 Å². The number of hydrogen-bond donors (Lipinski definition) is 2. The Morgan fingerprint density at radius 2 is 1.89 bits per heavy atom. The minimum Gasteiger partial charge on any atom is -0.505 e. The Hall–Kier alpha value is -4.07. The highest BCUT2D eigenvalue weighted by Crippen LogP contribution is 2.28. The van der Waals surface area contributed by atoms with Crippen LogP contribution in [0.5, 0.6) is 5.75 Å². The van der Waals surface area contributed by atoms with E-state index in [1.165, 1.54) is 12.1 Å². The third kappa shape index (κ3) is 2.77. The number of benzene rings is 1. The number of rotatable bonds is 3. The van der Waals surface area contributed by atoms with Gasteiger partial charge in [0.2, 0.25) is 5.82 Å². The summed E-state index contributed by atoms with van der Waals surface area (Å²) in [6.45, 7) is 0. The molecule has 7 nitrogen and oxygen atoms in total. The molecule has 0 saturated carbocycles. The van der Waals surface area contributed by atoms with Crippen LogP contribution >= 0.6 is 0 Å². The van der Waals surface area contributed by atoms with Gasteiger partial charge in [0.05, 0.1) is 0 Å². The maximum atomic E-state index is 13.6. The third-order valence-electron chi connectivity index (χ3n) is 4.34. The Balaban J connectivity index is 1.51. The van der Waals surface area contributed by atoms with Crippen LogP contribution in [0.15, 0.2) is 65.6 Å². The quantitative estimate of drug-likeness (QED) is 0.492. The summed E-state index contributed by atoms with van der Waals surface area (Å²) in [6.07, 6.45) is 5.26. The SMILES string of the molecule is Oc1ccc(-c2noc(-c3cc(-c4cnc5[nH]ccc5c4)ccn3)n2)cc1F. The lowest BCUT2D eigenvalue weighted by Gasteiger charge is -2.02. The minimum atomic E-state index is -0.753. The fourth-order valence-corrected chi connectivity index (χ4v) is 2.92. The van der Waals surface area contributed by atoms with Crippen LogP contribution < -0.4 is 0 Å². The van der Waals surface area contributed by atoms with Gasteiger partial charge in [0.1, 0.15) is 11.3 Å². The third-order valence-corrected chi connectivity index (χ3v) is 4.34. The second-order valence-corrected chi connectivity index (χ2v) is 6.16. The van der Waals surface area contributed by atoms with E-state index >= 15 is 0 Å². The lowest BCUT2D eigenvalue weighted by atomic mass is 10.1. The second kappa shape index (κ2) is 6.27. The van der Waals surface area contributed by atoms with E-state index in [2.05, 4.69) is 25.1 Å². The molecule has 0 saturated heterocycles. The molecule has 5 rings (SSSR count). The van der Waals surface area contributed by atoms with Gasteiger partial charge in [-0.2, -0.15) is 4.98 Å². The first-order valence-electron chi connectivity index (χ1n) is 8.40. The zero-order valence-corrected chi connectivity index (χ0v) is 14.3. The molecule has 0 aliphatic rings. The Bertz CT molecular complexity index is 1310. The van der Waals surface area contributed by atoms with Crippen molar-refractivity contribution in [1.29, 1.82) is 0 Å². The Labute approximate surface area is 157 Å². The fourth-order valence-electron chi connectivity index (χ4n) is 2.92. The van der Waals surface area contributed by atoms with Crippen LogP contribution in [0, 0.1) is 5.82 Å². The molecule has 0 radical (unpaired) electrons. The highest BCUT2D eigenvalue weighted by molar-refractivity contribution is 5.81. The molecule has 0 aliphatic carbocycles. The summed E-state index contributed by atoms with van der Waals surface area (Å²) < 4.78 is 18.9. The summed E-state index contributed by atoms with van der Waals surface area (Å²) in [5, 5.41) is 14.2. The average Bonchev–Trinajstić information content (AvgIpc) is 3.39. The molecule has 136 valence electrons. The highest BCUT2D eigenvalue weighted by atomic mass is 19.1. The summed E-state index contributed by atoms with van der Waals surface area (Å²) >= 11 is 0. The summed E-state index contributed by atoms with van der Waals surface area (Å²) in [4.78, 5) is 16.0. The van der Waals surface area contributed by atoms with Gasteiger partial charge < -0.3 is 14.6 Å². The van der Waals surface area contributed by atoms with E-state index in [0.29, 0.717) is 11.3 Å². The average molecular weight is 373 g/mol. The number of hydrogen-bond acceptors (Lipinski definition) is 6. The van der Waals surface area contributed by atoms with Gasteiger partial charge in [0.25, 0.3) is 5.89 Å². The Morgan fingerprint density at radius 1 is 0.964 bits per heavy atom. The summed E-state index contributed by atoms with van der Waals surface area (Å²) in [5.74, 6) is -0.774. The molecule has 4 aromatic heterocycles. The molecule has 0 unspecified atom stereocenters. The molecular weight excluding hydrogens is 361 g/mol. The first kappa shape index (κ1) is 16.1. The van der Waals surface area contributed by atoms with E-state index in [4.69, 9.17) is 4.52 Å². The van der Waals surface area contributed by atoms with E-state index in [1.54, 1.807) is 12.4 Å². The molecule has 0 spiro atoms. The smallest absolute Gasteiger partial charge is 0.276 e.